The van der Waals surface area contributed by atoms with E-state index in [0.29, 0.717) is 11.2 Å². The SMILES string of the molecule is COc1ccc(NC(=S)NC(C)CCC(C)C)cc1. The van der Waals surface area contributed by atoms with E-state index in [1.165, 1.54) is 6.42 Å². The van der Waals surface area contributed by atoms with E-state index >= 15 is 0 Å². The Morgan fingerprint density at radius 2 is 1.79 bits per heavy atom. The van der Waals surface area contributed by atoms with Gasteiger partial charge in [0.25, 0.3) is 0 Å². The van der Waals surface area contributed by atoms with Crippen molar-refractivity contribution in [3.63, 3.8) is 0 Å². The summed E-state index contributed by atoms with van der Waals surface area (Å²) >= 11 is 5.30. The molecule has 0 radical (unpaired) electrons. The summed E-state index contributed by atoms with van der Waals surface area (Å²) in [5.41, 5.74) is 0.967. The van der Waals surface area contributed by atoms with Crippen LogP contribution in [-0.2, 0) is 0 Å². The molecule has 0 aromatic heterocycles. The molecule has 4 heteroatoms. The van der Waals surface area contributed by atoms with Crippen LogP contribution in [0.5, 0.6) is 5.75 Å². The van der Waals surface area contributed by atoms with Crippen molar-refractivity contribution in [2.75, 3.05) is 12.4 Å². The minimum Gasteiger partial charge on any atom is -0.497 e. The molecule has 3 nitrogen and oxygen atoms in total. The van der Waals surface area contributed by atoms with Gasteiger partial charge >= 0.3 is 0 Å². The van der Waals surface area contributed by atoms with E-state index in [4.69, 9.17) is 17.0 Å². The van der Waals surface area contributed by atoms with Crippen LogP contribution in [0.1, 0.15) is 33.6 Å². The van der Waals surface area contributed by atoms with Crippen molar-refractivity contribution in [1.29, 1.82) is 0 Å². The van der Waals surface area contributed by atoms with Gasteiger partial charge < -0.3 is 15.4 Å². The first-order chi connectivity index (χ1) is 9.01. The molecule has 0 spiro atoms. The normalized spacial score (nSPS) is 12.1. The van der Waals surface area contributed by atoms with Crippen LogP contribution in [-0.4, -0.2) is 18.3 Å². The second-order valence-electron chi connectivity index (χ2n) is 5.20. The Bertz CT molecular complexity index is 390. The summed E-state index contributed by atoms with van der Waals surface area (Å²) in [7, 11) is 1.66. The number of benzene rings is 1. The number of thiocarbonyl (C=S) groups is 1. The summed E-state index contributed by atoms with van der Waals surface area (Å²) in [5, 5.41) is 7.15. The van der Waals surface area contributed by atoms with Crippen LogP contribution in [0.4, 0.5) is 5.69 Å². The van der Waals surface area contributed by atoms with Crippen LogP contribution < -0.4 is 15.4 Å². The zero-order chi connectivity index (χ0) is 14.3. The number of anilines is 1. The van der Waals surface area contributed by atoms with Gasteiger partial charge in [-0.2, -0.15) is 0 Å². The van der Waals surface area contributed by atoms with E-state index in [0.717, 1.165) is 23.8 Å². The van der Waals surface area contributed by atoms with Gasteiger partial charge in [0.2, 0.25) is 0 Å². The van der Waals surface area contributed by atoms with Crippen LogP contribution in [0.3, 0.4) is 0 Å². The van der Waals surface area contributed by atoms with E-state index in [9.17, 15) is 0 Å². The molecule has 0 bridgehead atoms. The molecule has 0 aliphatic rings. The number of hydrogen-bond donors (Lipinski definition) is 2. The molecule has 0 saturated carbocycles. The topological polar surface area (TPSA) is 33.3 Å². The van der Waals surface area contributed by atoms with Crippen LogP contribution in [0, 0.1) is 5.92 Å². The molecule has 0 aliphatic carbocycles. The number of methoxy groups -OCH3 is 1. The summed E-state index contributed by atoms with van der Waals surface area (Å²) < 4.78 is 5.12. The lowest BCUT2D eigenvalue weighted by Crippen LogP contribution is -2.36. The largest absolute Gasteiger partial charge is 0.497 e. The van der Waals surface area contributed by atoms with Crippen LogP contribution >= 0.6 is 12.2 Å². The Labute approximate surface area is 121 Å². The zero-order valence-electron chi connectivity index (χ0n) is 12.2. The lowest BCUT2D eigenvalue weighted by Gasteiger charge is -2.18. The Hall–Kier alpha value is -1.29. The Morgan fingerprint density at radius 1 is 1.16 bits per heavy atom. The molecule has 0 heterocycles. The maximum Gasteiger partial charge on any atom is 0.170 e. The van der Waals surface area contributed by atoms with Crippen molar-refractivity contribution < 1.29 is 4.74 Å². The Balaban J connectivity index is 2.37. The first kappa shape index (κ1) is 15.8. The quantitative estimate of drug-likeness (QED) is 0.776. The van der Waals surface area contributed by atoms with Gasteiger partial charge in [0.15, 0.2) is 5.11 Å². The number of hydrogen-bond acceptors (Lipinski definition) is 2. The van der Waals surface area contributed by atoms with Crippen molar-refractivity contribution in [3.8, 4) is 5.75 Å². The van der Waals surface area contributed by atoms with Gasteiger partial charge in [-0.3, -0.25) is 0 Å². The molecule has 0 fully saturated rings. The van der Waals surface area contributed by atoms with E-state index in [1.54, 1.807) is 7.11 Å². The molecule has 1 unspecified atom stereocenters. The summed E-state index contributed by atoms with van der Waals surface area (Å²) in [4.78, 5) is 0. The summed E-state index contributed by atoms with van der Waals surface area (Å²) in [6.45, 7) is 6.63. The third kappa shape index (κ3) is 6.43. The van der Waals surface area contributed by atoms with E-state index in [-0.39, 0.29) is 0 Å². The van der Waals surface area contributed by atoms with Gasteiger partial charge in [-0.05, 0) is 62.2 Å². The maximum absolute atomic E-state index is 5.30. The number of ether oxygens (including phenoxy) is 1. The van der Waals surface area contributed by atoms with Gasteiger partial charge in [0.1, 0.15) is 5.75 Å². The van der Waals surface area contributed by atoms with Crippen LogP contribution in [0.15, 0.2) is 24.3 Å². The fraction of sp³-hybridized carbons (Fsp3) is 0.533. The van der Waals surface area contributed by atoms with Crippen molar-refractivity contribution in [3.05, 3.63) is 24.3 Å². The predicted octanol–water partition coefficient (Wildman–Crippen LogP) is 3.81. The van der Waals surface area contributed by atoms with Crippen LogP contribution in [0.25, 0.3) is 0 Å². The van der Waals surface area contributed by atoms with Crippen molar-refractivity contribution in [2.45, 2.75) is 39.7 Å². The molecular formula is C15H24N2OS. The van der Waals surface area contributed by atoms with E-state index in [2.05, 4.69) is 31.4 Å². The van der Waals surface area contributed by atoms with Gasteiger partial charge in [-0.25, -0.2) is 0 Å². The molecule has 19 heavy (non-hydrogen) atoms. The fourth-order valence-electron chi connectivity index (χ4n) is 1.72. The minimum atomic E-state index is 0.389. The highest BCUT2D eigenvalue weighted by molar-refractivity contribution is 7.80. The van der Waals surface area contributed by atoms with Gasteiger partial charge in [-0.15, -0.1) is 0 Å². The highest BCUT2D eigenvalue weighted by atomic mass is 32.1. The average Bonchev–Trinajstić information content (AvgIpc) is 2.37. The molecule has 1 aromatic rings. The van der Waals surface area contributed by atoms with Gasteiger partial charge in [-0.1, -0.05) is 13.8 Å². The Morgan fingerprint density at radius 3 is 2.32 bits per heavy atom. The minimum absolute atomic E-state index is 0.389. The maximum atomic E-state index is 5.30. The predicted molar refractivity (Wildman–Crippen MR) is 85.9 cm³/mol. The Kier molecular flexibility index (Phi) is 6.64. The second-order valence-corrected chi connectivity index (χ2v) is 5.61. The molecule has 1 atom stereocenters. The van der Waals surface area contributed by atoms with Crippen molar-refractivity contribution in [2.24, 2.45) is 5.92 Å². The van der Waals surface area contributed by atoms with Crippen molar-refractivity contribution in [1.82, 2.24) is 5.32 Å². The highest BCUT2D eigenvalue weighted by Crippen LogP contribution is 2.15. The van der Waals surface area contributed by atoms with E-state index in [1.807, 2.05) is 24.3 Å². The summed E-state index contributed by atoms with van der Waals surface area (Å²) in [5.74, 6) is 1.57. The van der Waals surface area contributed by atoms with E-state index < -0.39 is 0 Å². The third-order valence-electron chi connectivity index (χ3n) is 2.90. The first-order valence-corrected chi connectivity index (χ1v) is 7.13. The lowest BCUT2D eigenvalue weighted by atomic mass is 10.0. The lowest BCUT2D eigenvalue weighted by molar-refractivity contribution is 0.415. The molecule has 1 aromatic carbocycles. The molecule has 0 aliphatic heterocycles. The molecule has 2 N–H and O–H groups in total. The fourth-order valence-corrected chi connectivity index (χ4v) is 2.04. The number of nitrogens with one attached hydrogen (secondary N) is 2. The second kappa shape index (κ2) is 8.00. The monoisotopic (exact) mass is 280 g/mol. The molecule has 106 valence electrons. The zero-order valence-corrected chi connectivity index (χ0v) is 13.0. The highest BCUT2D eigenvalue weighted by Gasteiger charge is 2.05. The smallest absolute Gasteiger partial charge is 0.170 e. The summed E-state index contributed by atoms with van der Waals surface area (Å²) in [6.07, 6.45) is 2.33. The molecule has 1 rings (SSSR count). The standard InChI is InChI=1S/C15H24N2OS/c1-11(2)5-6-12(3)16-15(19)17-13-7-9-14(18-4)10-8-13/h7-12H,5-6H2,1-4H3,(H2,16,17,19). The molecule has 0 amide bonds. The van der Waals surface area contributed by atoms with Gasteiger partial charge in [0, 0.05) is 11.7 Å². The first-order valence-electron chi connectivity index (χ1n) is 6.73. The number of rotatable bonds is 6. The third-order valence-corrected chi connectivity index (χ3v) is 3.12. The average molecular weight is 280 g/mol. The van der Waals surface area contributed by atoms with Crippen molar-refractivity contribution >= 4 is 23.0 Å². The summed E-state index contributed by atoms with van der Waals surface area (Å²) in [6, 6.07) is 8.11. The molecular weight excluding hydrogens is 256 g/mol. The molecule has 0 saturated heterocycles. The van der Waals surface area contributed by atoms with Gasteiger partial charge in [0.05, 0.1) is 7.11 Å². The van der Waals surface area contributed by atoms with Crippen LogP contribution in [0.2, 0.25) is 0 Å².